The molecule has 2 aromatic rings. The summed E-state index contributed by atoms with van der Waals surface area (Å²) in [6.07, 6.45) is 2.50. The van der Waals surface area contributed by atoms with Crippen LogP contribution < -0.4 is 9.62 Å². The second-order valence-corrected chi connectivity index (χ2v) is 8.39. The molecule has 1 amide bonds. The second kappa shape index (κ2) is 10.1. The van der Waals surface area contributed by atoms with Crippen LogP contribution in [0.1, 0.15) is 30.1 Å². The lowest BCUT2D eigenvalue weighted by atomic mass is 10.2. The monoisotopic (exact) mass is 440 g/mol. The molecule has 0 aliphatic carbocycles. The third kappa shape index (κ3) is 6.51. The number of nitrogens with one attached hydrogen (secondary N) is 1. The zero-order chi connectivity index (χ0) is 22.3. The summed E-state index contributed by atoms with van der Waals surface area (Å²) in [6.45, 7) is 1.65. The summed E-state index contributed by atoms with van der Waals surface area (Å²) in [5.74, 6) is -3.56. The number of halogens is 2. The zero-order valence-electron chi connectivity index (χ0n) is 16.5. The Balaban J connectivity index is 2.06. The molecular formula is C20H22F2N2O5S. The van der Waals surface area contributed by atoms with E-state index in [-0.39, 0.29) is 5.69 Å². The van der Waals surface area contributed by atoms with Crippen LogP contribution in [-0.4, -0.2) is 39.7 Å². The van der Waals surface area contributed by atoms with E-state index in [9.17, 15) is 26.8 Å². The minimum Gasteiger partial charge on any atom is -0.462 e. The number of benzene rings is 2. The van der Waals surface area contributed by atoms with E-state index in [1.165, 1.54) is 24.3 Å². The molecule has 0 fully saturated rings. The number of nitrogens with zero attached hydrogens (tertiary/aromatic N) is 1. The van der Waals surface area contributed by atoms with Crippen LogP contribution in [0.3, 0.4) is 0 Å². The quantitative estimate of drug-likeness (QED) is 0.477. The van der Waals surface area contributed by atoms with Crippen molar-refractivity contribution in [1.82, 2.24) is 0 Å². The van der Waals surface area contributed by atoms with Crippen molar-refractivity contribution in [2.24, 2.45) is 0 Å². The standard InChI is InChI=1S/C20H22F2N2O5S/c1-3-4-11-29-20(26)14-5-7-15(8-6-14)23-19(25)13-24(30(2,27)28)16-9-10-17(21)18(22)12-16/h5-10,12H,3-4,11,13H2,1-2H3,(H,23,25). The predicted octanol–water partition coefficient (Wildman–Crippen LogP) is 3.33. The highest BCUT2D eigenvalue weighted by Crippen LogP contribution is 2.21. The average Bonchev–Trinajstić information content (AvgIpc) is 2.68. The molecule has 7 nitrogen and oxygen atoms in total. The van der Waals surface area contributed by atoms with Gasteiger partial charge in [-0.15, -0.1) is 0 Å². The lowest BCUT2D eigenvalue weighted by Gasteiger charge is -2.22. The van der Waals surface area contributed by atoms with Gasteiger partial charge in [-0.1, -0.05) is 13.3 Å². The highest BCUT2D eigenvalue weighted by molar-refractivity contribution is 7.92. The number of anilines is 2. The van der Waals surface area contributed by atoms with Gasteiger partial charge in [-0.25, -0.2) is 22.0 Å². The van der Waals surface area contributed by atoms with Gasteiger partial charge >= 0.3 is 5.97 Å². The van der Waals surface area contributed by atoms with E-state index >= 15 is 0 Å². The number of rotatable bonds is 9. The second-order valence-electron chi connectivity index (χ2n) is 6.48. The molecule has 162 valence electrons. The van der Waals surface area contributed by atoms with Gasteiger partial charge in [0.15, 0.2) is 11.6 Å². The Morgan fingerprint density at radius 2 is 1.73 bits per heavy atom. The Morgan fingerprint density at radius 3 is 2.30 bits per heavy atom. The minimum atomic E-state index is -3.94. The van der Waals surface area contributed by atoms with E-state index < -0.39 is 40.1 Å². The number of hydrogen-bond donors (Lipinski definition) is 1. The number of esters is 1. The molecule has 0 aliphatic heterocycles. The fraction of sp³-hybridized carbons (Fsp3) is 0.300. The average molecular weight is 440 g/mol. The molecule has 0 spiro atoms. The van der Waals surface area contributed by atoms with Crippen molar-refractivity contribution >= 4 is 33.3 Å². The number of amides is 1. The van der Waals surface area contributed by atoms with Crippen molar-refractivity contribution in [3.8, 4) is 0 Å². The van der Waals surface area contributed by atoms with Crippen LogP contribution in [0.25, 0.3) is 0 Å². The first kappa shape index (κ1) is 23.3. The molecule has 0 atom stereocenters. The summed E-state index contributed by atoms with van der Waals surface area (Å²) >= 11 is 0. The van der Waals surface area contributed by atoms with Gasteiger partial charge in [0.05, 0.1) is 24.1 Å². The number of sulfonamides is 1. The lowest BCUT2D eigenvalue weighted by Crippen LogP contribution is -2.37. The number of hydrogen-bond acceptors (Lipinski definition) is 5. The molecule has 0 heterocycles. The van der Waals surface area contributed by atoms with Crippen LogP contribution in [0.4, 0.5) is 20.2 Å². The fourth-order valence-electron chi connectivity index (χ4n) is 2.45. The van der Waals surface area contributed by atoms with Crippen LogP contribution in [0.15, 0.2) is 42.5 Å². The normalized spacial score (nSPS) is 11.1. The van der Waals surface area contributed by atoms with Crippen LogP contribution in [-0.2, 0) is 19.6 Å². The van der Waals surface area contributed by atoms with Gasteiger partial charge in [-0.3, -0.25) is 9.10 Å². The number of ether oxygens (including phenoxy) is 1. The summed E-state index contributed by atoms with van der Waals surface area (Å²) in [6, 6.07) is 8.40. The Bertz CT molecular complexity index is 1010. The first-order chi connectivity index (χ1) is 14.1. The lowest BCUT2D eigenvalue weighted by molar-refractivity contribution is -0.114. The topological polar surface area (TPSA) is 92.8 Å². The molecule has 1 N–H and O–H groups in total. The van der Waals surface area contributed by atoms with Crippen LogP contribution in [0, 0.1) is 11.6 Å². The largest absolute Gasteiger partial charge is 0.462 e. The number of unbranched alkanes of at least 4 members (excludes halogenated alkanes) is 1. The number of carbonyl (C=O) groups excluding carboxylic acids is 2. The van der Waals surface area contributed by atoms with Gasteiger partial charge in [0.2, 0.25) is 15.9 Å². The van der Waals surface area contributed by atoms with E-state index in [1.807, 2.05) is 6.92 Å². The van der Waals surface area contributed by atoms with Crippen LogP contribution >= 0.6 is 0 Å². The Labute approximate surface area is 173 Å². The highest BCUT2D eigenvalue weighted by atomic mass is 32.2. The first-order valence-corrected chi connectivity index (χ1v) is 11.0. The molecule has 0 aliphatic rings. The molecule has 0 saturated carbocycles. The molecule has 0 unspecified atom stereocenters. The molecule has 10 heteroatoms. The van der Waals surface area contributed by atoms with E-state index in [4.69, 9.17) is 4.74 Å². The van der Waals surface area contributed by atoms with Crippen molar-refractivity contribution in [1.29, 1.82) is 0 Å². The van der Waals surface area contributed by atoms with Crippen molar-refractivity contribution in [2.45, 2.75) is 19.8 Å². The van der Waals surface area contributed by atoms with Crippen molar-refractivity contribution < 1.29 is 31.5 Å². The van der Waals surface area contributed by atoms with Crippen LogP contribution in [0.5, 0.6) is 0 Å². The number of carbonyl (C=O) groups is 2. The van der Waals surface area contributed by atoms with E-state index in [0.29, 0.717) is 28.2 Å². The molecule has 0 bridgehead atoms. The first-order valence-electron chi connectivity index (χ1n) is 9.11. The van der Waals surface area contributed by atoms with Gasteiger partial charge in [0, 0.05) is 11.8 Å². The molecule has 0 saturated heterocycles. The molecule has 0 aromatic heterocycles. The van der Waals surface area contributed by atoms with Gasteiger partial charge in [0.1, 0.15) is 6.54 Å². The van der Waals surface area contributed by atoms with Crippen molar-refractivity contribution in [3.05, 3.63) is 59.7 Å². The van der Waals surface area contributed by atoms with E-state index in [2.05, 4.69) is 5.32 Å². The maximum absolute atomic E-state index is 13.5. The van der Waals surface area contributed by atoms with Gasteiger partial charge in [-0.05, 0) is 42.8 Å². The maximum Gasteiger partial charge on any atom is 0.338 e. The Kier molecular flexibility index (Phi) is 7.87. The third-order valence-corrected chi connectivity index (χ3v) is 5.15. The smallest absolute Gasteiger partial charge is 0.338 e. The predicted molar refractivity (Wildman–Crippen MR) is 109 cm³/mol. The molecule has 0 radical (unpaired) electrons. The summed E-state index contributed by atoms with van der Waals surface area (Å²) in [4.78, 5) is 24.2. The van der Waals surface area contributed by atoms with E-state index in [1.54, 1.807) is 0 Å². The van der Waals surface area contributed by atoms with Crippen molar-refractivity contribution in [2.75, 3.05) is 29.0 Å². The fourth-order valence-corrected chi connectivity index (χ4v) is 3.30. The minimum absolute atomic E-state index is 0.184. The summed E-state index contributed by atoms with van der Waals surface area (Å²) < 4.78 is 56.4. The van der Waals surface area contributed by atoms with Gasteiger partial charge < -0.3 is 10.1 Å². The van der Waals surface area contributed by atoms with Gasteiger partial charge in [0.25, 0.3) is 0 Å². The summed E-state index contributed by atoms with van der Waals surface area (Å²) in [7, 11) is -3.94. The molecule has 30 heavy (non-hydrogen) atoms. The van der Waals surface area contributed by atoms with Crippen LogP contribution in [0.2, 0.25) is 0 Å². The SMILES string of the molecule is CCCCOC(=O)c1ccc(NC(=O)CN(c2ccc(F)c(F)c2)S(C)(=O)=O)cc1. The molecule has 2 aromatic carbocycles. The summed E-state index contributed by atoms with van der Waals surface area (Å²) in [5, 5.41) is 2.49. The summed E-state index contributed by atoms with van der Waals surface area (Å²) in [5.41, 5.74) is 0.448. The van der Waals surface area contributed by atoms with Gasteiger partial charge in [-0.2, -0.15) is 0 Å². The van der Waals surface area contributed by atoms with Crippen molar-refractivity contribution in [3.63, 3.8) is 0 Å². The Hall–Kier alpha value is -3.01. The third-order valence-electron chi connectivity index (χ3n) is 4.01. The maximum atomic E-state index is 13.5. The molecule has 2 rings (SSSR count). The highest BCUT2D eigenvalue weighted by Gasteiger charge is 2.22. The van der Waals surface area contributed by atoms with E-state index in [0.717, 1.165) is 31.2 Å². The zero-order valence-corrected chi connectivity index (χ0v) is 17.3. The molecular weight excluding hydrogens is 418 g/mol. The Morgan fingerprint density at radius 1 is 1.07 bits per heavy atom.